The van der Waals surface area contributed by atoms with Gasteiger partial charge in [0.15, 0.2) is 28.2 Å². The molecule has 0 radical (unpaired) electrons. The lowest BCUT2D eigenvalue weighted by atomic mass is 9.87. The quantitative estimate of drug-likeness (QED) is 0.207. The molecule has 44 heavy (non-hydrogen) atoms. The van der Waals surface area contributed by atoms with Gasteiger partial charge in [0.2, 0.25) is 21.7 Å². The maximum Gasteiger partial charge on any atom is 0.339 e. The van der Waals surface area contributed by atoms with E-state index in [-0.39, 0.29) is 30.3 Å². The fraction of sp³-hybridized carbons (Fsp3) is 0.357. The van der Waals surface area contributed by atoms with Crippen LogP contribution in [0.1, 0.15) is 66.2 Å². The Morgan fingerprint density at radius 2 is 1.52 bits per heavy atom. The van der Waals surface area contributed by atoms with Crippen LogP contribution in [0.4, 0.5) is 27.6 Å². The van der Waals surface area contributed by atoms with E-state index in [0.717, 1.165) is 54.8 Å². The number of hydrogen-bond acceptors (Lipinski definition) is 7. The summed E-state index contributed by atoms with van der Waals surface area (Å²) >= 11 is 0. The summed E-state index contributed by atoms with van der Waals surface area (Å²) in [5.41, 5.74) is 0.412. The van der Waals surface area contributed by atoms with Gasteiger partial charge in [0.1, 0.15) is 17.4 Å². The van der Waals surface area contributed by atoms with Crippen LogP contribution in [0.25, 0.3) is 0 Å². The van der Waals surface area contributed by atoms with Crippen LogP contribution < -0.4 is 4.90 Å². The molecule has 2 N–H and O–H groups in total. The van der Waals surface area contributed by atoms with Crippen molar-refractivity contribution in [3.05, 3.63) is 76.4 Å². The number of benzene rings is 2. The van der Waals surface area contributed by atoms with Crippen LogP contribution >= 0.6 is 0 Å². The van der Waals surface area contributed by atoms with Crippen LogP contribution in [0.2, 0.25) is 0 Å². The highest BCUT2D eigenvalue weighted by molar-refractivity contribution is 7.89. The third-order valence-corrected chi connectivity index (χ3v) is 9.79. The predicted molar refractivity (Wildman–Crippen MR) is 143 cm³/mol. The van der Waals surface area contributed by atoms with Crippen molar-refractivity contribution in [2.24, 2.45) is 0 Å². The number of anilines is 1. The van der Waals surface area contributed by atoms with E-state index in [9.17, 15) is 50.2 Å². The van der Waals surface area contributed by atoms with E-state index in [4.69, 9.17) is 0 Å². The Kier molecular flexibility index (Phi) is 8.57. The van der Waals surface area contributed by atoms with Crippen molar-refractivity contribution in [1.29, 1.82) is 0 Å². The molecule has 3 aromatic rings. The monoisotopic (exact) mass is 640 g/mol. The van der Waals surface area contributed by atoms with Gasteiger partial charge in [-0.15, -0.1) is 0 Å². The summed E-state index contributed by atoms with van der Waals surface area (Å²) in [6, 6.07) is 4.84. The first-order chi connectivity index (χ1) is 20.8. The van der Waals surface area contributed by atoms with Gasteiger partial charge in [-0.1, -0.05) is 19.3 Å². The van der Waals surface area contributed by atoms with Gasteiger partial charge in [0.05, 0.1) is 17.9 Å². The van der Waals surface area contributed by atoms with Crippen molar-refractivity contribution in [3.63, 3.8) is 0 Å². The number of rotatable bonds is 8. The smallest absolute Gasteiger partial charge is 0.339 e. The molecule has 2 fully saturated rings. The van der Waals surface area contributed by atoms with E-state index in [1.165, 1.54) is 6.07 Å². The Morgan fingerprint density at radius 3 is 2.05 bits per heavy atom. The number of carbonyl (C=O) groups is 2. The average Bonchev–Trinajstić information content (AvgIpc) is 2.97. The SMILES string of the molecule is O=C(O)c1ccc(N(Cc2ccc(C3CCCCC3)nn2)C(=O)[C@H]2CCN2S(=O)(=O)c2c(F)c(F)c(F)c(F)c2F)cc1O. The molecular formula is C28H25F5N4O6S. The van der Waals surface area contributed by atoms with Gasteiger partial charge < -0.3 is 15.1 Å². The lowest BCUT2D eigenvalue weighted by Crippen LogP contribution is -2.59. The molecule has 1 aliphatic heterocycles. The molecule has 5 rings (SSSR count). The summed E-state index contributed by atoms with van der Waals surface area (Å²) in [4.78, 5) is 24.1. The van der Waals surface area contributed by atoms with Crippen molar-refractivity contribution >= 4 is 27.6 Å². The summed E-state index contributed by atoms with van der Waals surface area (Å²) < 4.78 is 96.8. The number of nitrogens with zero attached hydrogens (tertiary/aromatic N) is 4. The molecule has 2 heterocycles. The number of phenols is 1. The summed E-state index contributed by atoms with van der Waals surface area (Å²) in [7, 11) is -5.42. The zero-order valence-electron chi connectivity index (χ0n) is 22.8. The number of aromatic nitrogens is 2. The summed E-state index contributed by atoms with van der Waals surface area (Å²) in [5.74, 6) is -15.6. The van der Waals surface area contributed by atoms with E-state index in [2.05, 4.69) is 10.2 Å². The maximum atomic E-state index is 14.5. The Labute approximate surface area is 247 Å². The van der Waals surface area contributed by atoms with Crippen LogP contribution in [0, 0.1) is 29.1 Å². The van der Waals surface area contributed by atoms with Gasteiger partial charge >= 0.3 is 5.97 Å². The Morgan fingerprint density at radius 1 is 0.886 bits per heavy atom. The van der Waals surface area contributed by atoms with Gasteiger partial charge in [0.25, 0.3) is 0 Å². The van der Waals surface area contributed by atoms with Gasteiger partial charge in [-0.05, 0) is 43.5 Å². The highest BCUT2D eigenvalue weighted by Crippen LogP contribution is 2.36. The van der Waals surface area contributed by atoms with Crippen LogP contribution in [0.5, 0.6) is 5.75 Å². The molecule has 10 nitrogen and oxygen atoms in total. The lowest BCUT2D eigenvalue weighted by molar-refractivity contribution is -0.125. The number of aromatic carboxylic acids is 1. The lowest BCUT2D eigenvalue weighted by Gasteiger charge is -2.41. The van der Waals surface area contributed by atoms with Crippen molar-refractivity contribution < 1.29 is 50.2 Å². The number of aromatic hydroxyl groups is 1. The van der Waals surface area contributed by atoms with Gasteiger partial charge in [-0.2, -0.15) is 14.5 Å². The molecule has 1 saturated heterocycles. The first-order valence-corrected chi connectivity index (χ1v) is 15.0. The molecule has 1 amide bonds. The first kappa shape index (κ1) is 31.3. The Balaban J connectivity index is 1.49. The fourth-order valence-electron chi connectivity index (χ4n) is 5.40. The largest absolute Gasteiger partial charge is 0.507 e. The molecule has 1 aromatic heterocycles. The standard InChI is InChI=1S/C28H25F5N4O6S/c29-21-22(30)24(32)26(25(33)23(21)31)44(42,43)37-11-10-19(37)27(39)36(16-7-8-17(28(40)41)20(38)12-16)13-15-6-9-18(35-34-15)14-4-2-1-3-5-14/h6-9,12,14,19,38H,1-5,10-11,13H2,(H,40,41)/t19-/m1/s1. The minimum Gasteiger partial charge on any atom is -0.507 e. The van der Waals surface area contributed by atoms with Crippen molar-refractivity contribution in [2.75, 3.05) is 11.4 Å². The molecule has 2 aliphatic rings. The molecule has 0 bridgehead atoms. The summed E-state index contributed by atoms with van der Waals surface area (Å²) in [5, 5.41) is 28.0. The van der Waals surface area contributed by atoms with Crippen LogP contribution in [-0.2, 0) is 21.4 Å². The number of hydrogen-bond donors (Lipinski definition) is 2. The molecule has 1 atom stereocenters. The molecular weight excluding hydrogens is 615 g/mol. The molecule has 16 heteroatoms. The summed E-state index contributed by atoms with van der Waals surface area (Å²) in [6.07, 6.45) is 4.95. The van der Waals surface area contributed by atoms with E-state index < -0.39 is 79.8 Å². The fourth-order valence-corrected chi connectivity index (χ4v) is 7.15. The number of carbonyl (C=O) groups excluding carboxylic acids is 1. The topological polar surface area (TPSA) is 141 Å². The third-order valence-electron chi connectivity index (χ3n) is 7.87. The minimum absolute atomic E-state index is 0.0869. The second kappa shape index (κ2) is 12.1. The minimum atomic E-state index is -5.42. The normalized spacial score (nSPS) is 17.7. The zero-order valence-corrected chi connectivity index (χ0v) is 23.6. The van der Waals surface area contributed by atoms with Crippen LogP contribution in [-0.4, -0.2) is 57.6 Å². The zero-order chi connectivity index (χ0) is 31.9. The molecule has 1 aliphatic carbocycles. The van der Waals surface area contributed by atoms with Crippen LogP contribution in [0.3, 0.4) is 0 Å². The van der Waals surface area contributed by atoms with Crippen molar-refractivity contribution in [2.45, 2.75) is 61.9 Å². The van der Waals surface area contributed by atoms with Crippen molar-refractivity contribution in [3.8, 4) is 5.75 Å². The molecule has 0 spiro atoms. The third kappa shape index (κ3) is 5.58. The highest BCUT2D eigenvalue weighted by Gasteiger charge is 2.48. The molecule has 1 saturated carbocycles. The van der Waals surface area contributed by atoms with Gasteiger partial charge in [-0.25, -0.2) is 35.2 Å². The van der Waals surface area contributed by atoms with Crippen LogP contribution in [0.15, 0.2) is 35.2 Å². The van der Waals surface area contributed by atoms with Gasteiger partial charge in [0, 0.05) is 24.2 Å². The number of halogens is 5. The molecule has 2 aromatic carbocycles. The number of carboxylic acid groups (broad SMARTS) is 1. The summed E-state index contributed by atoms with van der Waals surface area (Å²) in [6.45, 7) is -0.833. The number of sulfonamides is 1. The Hall–Kier alpha value is -4.18. The second-order valence-electron chi connectivity index (χ2n) is 10.5. The highest BCUT2D eigenvalue weighted by atomic mass is 32.2. The van der Waals surface area contributed by atoms with E-state index in [0.29, 0.717) is 4.31 Å². The second-order valence-corrected chi connectivity index (χ2v) is 12.4. The number of amides is 1. The van der Waals surface area contributed by atoms with E-state index in [1.54, 1.807) is 12.1 Å². The van der Waals surface area contributed by atoms with Gasteiger partial charge in [-0.3, -0.25) is 4.79 Å². The predicted octanol–water partition coefficient (Wildman–Crippen LogP) is 4.62. The molecule has 234 valence electrons. The Bertz CT molecular complexity index is 1710. The van der Waals surface area contributed by atoms with E-state index in [1.807, 2.05) is 0 Å². The maximum absolute atomic E-state index is 14.5. The molecule has 0 unspecified atom stereocenters. The average molecular weight is 641 g/mol. The first-order valence-electron chi connectivity index (χ1n) is 13.6. The van der Waals surface area contributed by atoms with E-state index >= 15 is 0 Å². The number of carboxylic acids is 1. The van der Waals surface area contributed by atoms with Crippen molar-refractivity contribution in [1.82, 2.24) is 14.5 Å².